The second-order valence-corrected chi connectivity index (χ2v) is 8.24. The van der Waals surface area contributed by atoms with E-state index in [0.717, 1.165) is 0 Å². The largest absolute Gasteiger partial charge is 0.490 e. The summed E-state index contributed by atoms with van der Waals surface area (Å²) in [5.74, 6) is -1.96. The van der Waals surface area contributed by atoms with E-state index in [1.165, 1.54) is 4.90 Å². The number of halogens is 6. The Labute approximate surface area is 177 Å². The standard InChI is InChI=1S/C17H20F6N6O3/c1-15(2,3)13-24-11-10(26-28-27-11)12(25-13)29-5-4-9(32-14(30)17(21,22)23)8(29)6-31-7-16(18,19)20/h8-9H,4-7H2,1-3H3,(H,24,25,26,27,28)/t8-,9-/m0/s1. The van der Waals surface area contributed by atoms with Crippen molar-refractivity contribution in [3.63, 3.8) is 0 Å². The molecule has 0 amide bonds. The molecule has 3 heterocycles. The zero-order valence-corrected chi connectivity index (χ0v) is 17.2. The molecule has 1 aliphatic rings. The molecule has 0 bridgehead atoms. The van der Waals surface area contributed by atoms with Gasteiger partial charge >= 0.3 is 18.3 Å². The van der Waals surface area contributed by atoms with Crippen LogP contribution in [0.25, 0.3) is 11.2 Å². The summed E-state index contributed by atoms with van der Waals surface area (Å²) >= 11 is 0. The van der Waals surface area contributed by atoms with Gasteiger partial charge in [-0.1, -0.05) is 20.8 Å². The summed E-state index contributed by atoms with van der Waals surface area (Å²) in [6.07, 6.45) is -11.4. The van der Waals surface area contributed by atoms with Gasteiger partial charge in [-0.05, 0) is 0 Å². The fourth-order valence-electron chi connectivity index (χ4n) is 3.19. The lowest BCUT2D eigenvalue weighted by atomic mass is 9.96. The zero-order chi connectivity index (χ0) is 23.9. The SMILES string of the molecule is CC(C)(C)c1nc(N2CC[C@H](OC(=O)C(F)(F)F)[C@@H]2COCC(F)(F)F)c2n[nH]nc2n1. The maximum atomic E-state index is 12.7. The fraction of sp³-hybridized carbons (Fsp3) is 0.706. The number of hydrogen-bond donors (Lipinski definition) is 1. The molecule has 1 saturated heterocycles. The molecule has 1 fully saturated rings. The number of alkyl halides is 6. The molecule has 1 aliphatic heterocycles. The monoisotopic (exact) mass is 470 g/mol. The van der Waals surface area contributed by atoms with Gasteiger partial charge in [-0.25, -0.2) is 14.8 Å². The van der Waals surface area contributed by atoms with E-state index in [-0.39, 0.29) is 29.9 Å². The van der Waals surface area contributed by atoms with Crippen LogP contribution in [0, 0.1) is 0 Å². The van der Waals surface area contributed by atoms with E-state index in [0.29, 0.717) is 5.82 Å². The molecule has 2 aromatic heterocycles. The van der Waals surface area contributed by atoms with Crippen molar-refractivity contribution in [3.8, 4) is 0 Å². The number of nitrogens with zero attached hydrogens (tertiary/aromatic N) is 5. The average molecular weight is 470 g/mol. The normalized spacial score (nSPS) is 20.2. The number of carbonyl (C=O) groups is 1. The molecule has 3 rings (SSSR count). The van der Waals surface area contributed by atoms with Gasteiger partial charge in [0.25, 0.3) is 0 Å². The molecule has 32 heavy (non-hydrogen) atoms. The van der Waals surface area contributed by atoms with Crippen molar-refractivity contribution in [2.45, 2.75) is 57.1 Å². The Morgan fingerprint density at radius 1 is 1.12 bits per heavy atom. The molecule has 0 spiro atoms. The van der Waals surface area contributed by atoms with Crippen LogP contribution < -0.4 is 4.90 Å². The quantitative estimate of drug-likeness (QED) is 0.525. The minimum absolute atomic E-state index is 0.0262. The van der Waals surface area contributed by atoms with E-state index in [1.807, 2.05) is 20.8 Å². The van der Waals surface area contributed by atoms with Crippen LogP contribution in [0.2, 0.25) is 0 Å². The van der Waals surface area contributed by atoms with Crippen LogP contribution in [0.4, 0.5) is 32.2 Å². The highest BCUT2D eigenvalue weighted by Crippen LogP contribution is 2.33. The number of nitrogens with one attached hydrogen (secondary N) is 1. The van der Waals surface area contributed by atoms with Crippen molar-refractivity contribution >= 4 is 23.0 Å². The van der Waals surface area contributed by atoms with Gasteiger partial charge in [0.05, 0.1) is 12.6 Å². The van der Waals surface area contributed by atoms with E-state index in [2.05, 4.69) is 30.1 Å². The number of ether oxygens (including phenoxy) is 2. The maximum Gasteiger partial charge on any atom is 0.490 e. The highest BCUT2D eigenvalue weighted by atomic mass is 19.4. The van der Waals surface area contributed by atoms with Gasteiger partial charge in [0.2, 0.25) is 5.65 Å². The average Bonchev–Trinajstić information content (AvgIpc) is 3.25. The van der Waals surface area contributed by atoms with E-state index < -0.39 is 49.1 Å². The van der Waals surface area contributed by atoms with Crippen LogP contribution in [0.15, 0.2) is 0 Å². The Kier molecular flexibility index (Phi) is 6.23. The third-order valence-electron chi connectivity index (χ3n) is 4.64. The predicted molar refractivity (Wildman–Crippen MR) is 96.7 cm³/mol. The molecule has 0 aromatic carbocycles. The summed E-state index contributed by atoms with van der Waals surface area (Å²) in [6.45, 7) is 3.20. The van der Waals surface area contributed by atoms with E-state index in [9.17, 15) is 31.1 Å². The smallest absolute Gasteiger partial charge is 0.453 e. The molecule has 178 valence electrons. The van der Waals surface area contributed by atoms with E-state index >= 15 is 0 Å². The first-order chi connectivity index (χ1) is 14.7. The highest BCUT2D eigenvalue weighted by Gasteiger charge is 2.47. The molecule has 0 unspecified atom stereocenters. The molecule has 15 heteroatoms. The van der Waals surface area contributed by atoms with E-state index in [1.54, 1.807) is 0 Å². The Morgan fingerprint density at radius 3 is 2.41 bits per heavy atom. The fourth-order valence-corrected chi connectivity index (χ4v) is 3.19. The van der Waals surface area contributed by atoms with Crippen LogP contribution in [0.3, 0.4) is 0 Å². The third kappa shape index (κ3) is 5.37. The Bertz CT molecular complexity index is 970. The van der Waals surface area contributed by atoms with Crippen LogP contribution >= 0.6 is 0 Å². The summed E-state index contributed by atoms with van der Waals surface area (Å²) in [4.78, 5) is 21.5. The van der Waals surface area contributed by atoms with Crippen LogP contribution in [-0.4, -0.2) is 75.6 Å². The number of H-pyrrole nitrogens is 1. The maximum absolute atomic E-state index is 12.7. The highest BCUT2D eigenvalue weighted by molar-refractivity contribution is 5.83. The van der Waals surface area contributed by atoms with Gasteiger partial charge in [-0.2, -0.15) is 36.7 Å². The summed E-state index contributed by atoms with van der Waals surface area (Å²) in [6, 6.07) is -1.17. The number of rotatable bonds is 5. The Hall–Kier alpha value is -2.71. The van der Waals surface area contributed by atoms with Gasteiger partial charge in [0, 0.05) is 18.4 Å². The Balaban J connectivity index is 1.96. The van der Waals surface area contributed by atoms with Crippen molar-refractivity contribution < 1.29 is 40.6 Å². The van der Waals surface area contributed by atoms with Crippen molar-refractivity contribution in [2.75, 3.05) is 24.7 Å². The summed E-state index contributed by atoms with van der Waals surface area (Å²) in [7, 11) is 0. The van der Waals surface area contributed by atoms with Crippen LogP contribution in [-0.2, 0) is 19.7 Å². The minimum atomic E-state index is -5.25. The van der Waals surface area contributed by atoms with Crippen molar-refractivity contribution in [2.24, 2.45) is 0 Å². The third-order valence-corrected chi connectivity index (χ3v) is 4.64. The molecule has 0 radical (unpaired) electrons. The van der Waals surface area contributed by atoms with Crippen molar-refractivity contribution in [1.29, 1.82) is 0 Å². The van der Waals surface area contributed by atoms with Gasteiger partial charge in [-0.3, -0.25) is 0 Å². The van der Waals surface area contributed by atoms with Gasteiger partial charge in [0.1, 0.15) is 18.5 Å². The number of esters is 1. The van der Waals surface area contributed by atoms with E-state index in [4.69, 9.17) is 4.74 Å². The lowest BCUT2D eigenvalue weighted by Crippen LogP contribution is -2.44. The summed E-state index contributed by atoms with van der Waals surface area (Å²) < 4.78 is 85.0. The molecule has 0 aliphatic carbocycles. The molecule has 0 saturated carbocycles. The number of aromatic nitrogens is 5. The van der Waals surface area contributed by atoms with Crippen molar-refractivity contribution in [1.82, 2.24) is 25.4 Å². The molecule has 9 nitrogen and oxygen atoms in total. The van der Waals surface area contributed by atoms with Crippen LogP contribution in [0.5, 0.6) is 0 Å². The number of fused-ring (bicyclic) bond motifs is 1. The van der Waals surface area contributed by atoms with Gasteiger partial charge in [-0.15, -0.1) is 5.10 Å². The van der Waals surface area contributed by atoms with Crippen molar-refractivity contribution in [3.05, 3.63) is 5.82 Å². The number of aromatic amines is 1. The zero-order valence-electron chi connectivity index (χ0n) is 17.2. The first-order valence-corrected chi connectivity index (χ1v) is 9.45. The first kappa shape index (κ1) is 23.9. The topological polar surface area (TPSA) is 106 Å². The molecular formula is C17H20F6N6O3. The molecular weight excluding hydrogens is 450 g/mol. The Morgan fingerprint density at radius 2 is 1.81 bits per heavy atom. The van der Waals surface area contributed by atoms with Gasteiger partial charge < -0.3 is 14.4 Å². The number of anilines is 1. The molecule has 2 atom stereocenters. The predicted octanol–water partition coefficient (Wildman–Crippen LogP) is 2.68. The lowest BCUT2D eigenvalue weighted by molar-refractivity contribution is -0.206. The summed E-state index contributed by atoms with van der Waals surface area (Å²) in [5, 5.41) is 10.2. The minimum Gasteiger partial charge on any atom is -0.453 e. The lowest BCUT2D eigenvalue weighted by Gasteiger charge is -2.29. The van der Waals surface area contributed by atoms with Crippen LogP contribution in [0.1, 0.15) is 33.0 Å². The number of hydrogen-bond acceptors (Lipinski definition) is 8. The second-order valence-electron chi connectivity index (χ2n) is 8.24. The summed E-state index contributed by atoms with van der Waals surface area (Å²) in [5.41, 5.74) is -0.210. The first-order valence-electron chi connectivity index (χ1n) is 9.45. The van der Waals surface area contributed by atoms with Gasteiger partial charge in [0.15, 0.2) is 11.3 Å². The molecule has 2 aromatic rings. The second kappa shape index (κ2) is 8.33. The number of carbonyl (C=O) groups excluding carboxylic acids is 1. The molecule has 1 N–H and O–H groups in total.